The molecule has 0 saturated carbocycles. The van der Waals surface area contributed by atoms with Gasteiger partial charge in [0.2, 0.25) is 11.6 Å². The van der Waals surface area contributed by atoms with Crippen LogP contribution in [0.5, 0.6) is 5.75 Å². The molecule has 1 aromatic carbocycles. The van der Waals surface area contributed by atoms with E-state index in [4.69, 9.17) is 23.1 Å². The Labute approximate surface area is 193 Å². The van der Waals surface area contributed by atoms with Crippen molar-refractivity contribution in [2.24, 2.45) is 17.4 Å². The summed E-state index contributed by atoms with van der Waals surface area (Å²) in [5.41, 5.74) is 7.36. The third kappa shape index (κ3) is 2.88. The molecule has 3 atom stereocenters. The zero-order valence-corrected chi connectivity index (χ0v) is 18.5. The summed E-state index contributed by atoms with van der Waals surface area (Å²) < 4.78 is 0. The van der Waals surface area contributed by atoms with Crippen LogP contribution < -0.4 is 11.5 Å². The Morgan fingerprint density at radius 2 is 1.91 bits per heavy atom. The summed E-state index contributed by atoms with van der Waals surface area (Å²) in [6.07, 6.45) is 1.34. The summed E-state index contributed by atoms with van der Waals surface area (Å²) in [4.78, 5) is 40.0. The Balaban J connectivity index is 2.03. The molecule has 0 spiro atoms. The van der Waals surface area contributed by atoms with E-state index in [0.717, 1.165) is 0 Å². The monoisotopic (exact) mass is 475 g/mol. The topological polar surface area (TPSA) is 187 Å². The average Bonchev–Trinajstić information content (AvgIpc) is 2.72. The number of aromatic hydroxyl groups is 1. The van der Waals surface area contributed by atoms with Gasteiger partial charge < -0.3 is 31.9 Å². The molecule has 33 heavy (non-hydrogen) atoms. The van der Waals surface area contributed by atoms with Crippen molar-refractivity contribution in [1.29, 1.82) is 0 Å². The zero-order chi connectivity index (χ0) is 24.6. The highest BCUT2D eigenvalue weighted by Gasteiger charge is 2.62. The van der Waals surface area contributed by atoms with Gasteiger partial charge in [-0.25, -0.2) is 0 Å². The number of phenolic OH excluding ortho intramolecular Hbond substituents is 1. The number of allylic oxidation sites excluding steroid dienone is 2. The van der Waals surface area contributed by atoms with E-state index in [-0.39, 0.29) is 40.3 Å². The van der Waals surface area contributed by atoms with E-state index >= 15 is 0 Å². The zero-order valence-electron chi connectivity index (χ0n) is 17.7. The fourth-order valence-electron chi connectivity index (χ4n) is 5.03. The van der Waals surface area contributed by atoms with E-state index in [2.05, 4.69) is 0 Å². The number of nitrogens with zero attached hydrogens (tertiary/aromatic N) is 1. The van der Waals surface area contributed by atoms with E-state index in [0.29, 0.717) is 0 Å². The standard InChI is InChI=1S/C22H22ClN3O7/c1-26(2)15-10-4-7-3-9-11(23)5-8(6-24)16(27)13(9)17(28)12(7)19(30)22(10,33)20(31)14(18(15)29)21(25)32/h3,5,10,15,27,29-30,33H,4,6,24H2,1-2H3,(H2,25,32)/t10-,15?,22-/m0/s1. The third-order valence-corrected chi connectivity index (χ3v) is 6.86. The minimum atomic E-state index is -2.71. The summed E-state index contributed by atoms with van der Waals surface area (Å²) in [6, 6.07) is 0.341. The van der Waals surface area contributed by atoms with Gasteiger partial charge in [-0.1, -0.05) is 11.6 Å². The molecule has 174 valence electrons. The molecule has 1 amide bonds. The Hall–Kier alpha value is -3.18. The SMILES string of the molecule is CN(C)C1C(O)=C(C(N)=O)C(=O)[C@@]2(O)C(O)=C3C(=O)c4c(O)c(CN)cc(Cl)c4C=C3C[C@@H]12. The van der Waals surface area contributed by atoms with Gasteiger partial charge in [-0.3, -0.25) is 19.3 Å². The van der Waals surface area contributed by atoms with Crippen LogP contribution in [0.15, 0.2) is 34.3 Å². The van der Waals surface area contributed by atoms with Crippen molar-refractivity contribution < 1.29 is 34.8 Å². The highest BCUT2D eigenvalue weighted by molar-refractivity contribution is 6.34. The Morgan fingerprint density at radius 1 is 1.27 bits per heavy atom. The summed E-state index contributed by atoms with van der Waals surface area (Å²) in [7, 11) is 3.09. The van der Waals surface area contributed by atoms with Crippen LogP contribution in [0.25, 0.3) is 6.08 Å². The number of amides is 1. The van der Waals surface area contributed by atoms with Crippen LogP contribution in [0.3, 0.4) is 0 Å². The van der Waals surface area contributed by atoms with Crippen LogP contribution in [0.1, 0.15) is 27.9 Å². The van der Waals surface area contributed by atoms with Crippen LogP contribution in [0, 0.1) is 5.92 Å². The van der Waals surface area contributed by atoms with Crippen molar-refractivity contribution in [3.05, 3.63) is 56.0 Å². The highest BCUT2D eigenvalue weighted by atomic mass is 35.5. The van der Waals surface area contributed by atoms with Crippen LogP contribution in [-0.2, 0) is 16.1 Å². The van der Waals surface area contributed by atoms with Gasteiger partial charge in [0.1, 0.15) is 22.8 Å². The molecule has 11 heteroatoms. The largest absolute Gasteiger partial charge is 0.510 e. The number of ketones is 2. The predicted molar refractivity (Wildman–Crippen MR) is 117 cm³/mol. The highest BCUT2D eigenvalue weighted by Crippen LogP contribution is 2.52. The molecule has 1 unspecified atom stereocenters. The Kier molecular flexibility index (Phi) is 5.17. The molecule has 0 heterocycles. The molecule has 0 aromatic heterocycles. The lowest BCUT2D eigenvalue weighted by molar-refractivity contribution is -0.146. The maximum Gasteiger partial charge on any atom is 0.255 e. The number of hydrogen-bond acceptors (Lipinski definition) is 9. The number of likely N-dealkylation sites (N-methyl/N-ethyl adjacent to an activating group) is 1. The van der Waals surface area contributed by atoms with Gasteiger partial charge in [-0.15, -0.1) is 0 Å². The van der Waals surface area contributed by atoms with Crippen LogP contribution in [-0.4, -0.2) is 68.5 Å². The lowest BCUT2D eigenvalue weighted by atomic mass is 9.61. The van der Waals surface area contributed by atoms with Crippen LogP contribution in [0.4, 0.5) is 0 Å². The Bertz CT molecular complexity index is 1250. The van der Waals surface area contributed by atoms with Gasteiger partial charge in [-0.05, 0) is 38.2 Å². The summed E-state index contributed by atoms with van der Waals surface area (Å²) in [5.74, 6) is -6.67. The number of Topliss-reactive ketones (excluding diaryl/α,β-unsaturated/α-hetero) is 2. The van der Waals surface area contributed by atoms with Crippen molar-refractivity contribution in [3.63, 3.8) is 0 Å². The number of nitrogens with two attached hydrogens (primary N) is 2. The van der Waals surface area contributed by atoms with Gasteiger partial charge in [0.05, 0.1) is 17.2 Å². The fraction of sp³-hybridized carbons (Fsp3) is 0.318. The smallest absolute Gasteiger partial charge is 0.255 e. The first-order valence-corrected chi connectivity index (χ1v) is 10.4. The first-order chi connectivity index (χ1) is 15.4. The van der Waals surface area contributed by atoms with Crippen LogP contribution in [0.2, 0.25) is 5.02 Å². The summed E-state index contributed by atoms with van der Waals surface area (Å²) >= 11 is 6.32. The maximum atomic E-state index is 13.4. The number of carbonyl (C=O) groups excluding carboxylic acids is 3. The molecule has 1 aromatic rings. The normalized spacial score (nSPS) is 26.8. The number of benzene rings is 1. The van der Waals surface area contributed by atoms with E-state index < -0.39 is 63.4 Å². The molecule has 3 aliphatic carbocycles. The van der Waals surface area contributed by atoms with Crippen molar-refractivity contribution in [1.82, 2.24) is 4.90 Å². The lowest BCUT2D eigenvalue weighted by Gasteiger charge is -2.48. The van der Waals surface area contributed by atoms with Crippen LogP contribution >= 0.6 is 11.6 Å². The van der Waals surface area contributed by atoms with Gasteiger partial charge in [0.15, 0.2) is 5.60 Å². The van der Waals surface area contributed by atoms with Gasteiger partial charge in [0.25, 0.3) is 5.91 Å². The number of hydrogen-bond donors (Lipinski definition) is 6. The molecule has 0 radical (unpaired) electrons. The molecule has 0 aliphatic heterocycles. The van der Waals surface area contributed by atoms with E-state index in [9.17, 15) is 34.8 Å². The number of rotatable bonds is 3. The fourth-order valence-corrected chi connectivity index (χ4v) is 5.31. The van der Waals surface area contributed by atoms with Gasteiger partial charge in [0, 0.05) is 28.6 Å². The van der Waals surface area contributed by atoms with E-state index in [1.165, 1.54) is 17.0 Å². The minimum absolute atomic E-state index is 0.116. The minimum Gasteiger partial charge on any atom is -0.510 e. The molecule has 0 bridgehead atoms. The van der Waals surface area contributed by atoms with Crippen molar-refractivity contribution in [3.8, 4) is 5.75 Å². The molecule has 8 N–H and O–H groups in total. The van der Waals surface area contributed by atoms with E-state index in [1.807, 2.05) is 0 Å². The summed E-state index contributed by atoms with van der Waals surface area (Å²) in [5, 5.41) is 44.0. The lowest BCUT2D eigenvalue weighted by Crippen LogP contribution is -2.62. The molecule has 0 fully saturated rings. The predicted octanol–water partition coefficient (Wildman–Crippen LogP) is 0.457. The second-order valence-corrected chi connectivity index (χ2v) is 8.93. The maximum absolute atomic E-state index is 13.4. The number of aliphatic hydroxyl groups is 3. The first-order valence-electron chi connectivity index (χ1n) is 9.98. The molecule has 3 aliphatic rings. The molecule has 4 rings (SSSR count). The number of carbonyl (C=O) groups is 3. The second kappa shape index (κ2) is 7.42. The second-order valence-electron chi connectivity index (χ2n) is 8.52. The Morgan fingerprint density at radius 3 is 2.45 bits per heavy atom. The average molecular weight is 476 g/mol. The molecule has 0 saturated heterocycles. The first kappa shape index (κ1) is 23.0. The number of halogens is 1. The van der Waals surface area contributed by atoms with Crippen molar-refractivity contribution in [2.45, 2.75) is 24.6 Å². The molecular formula is C22H22ClN3O7. The van der Waals surface area contributed by atoms with Crippen molar-refractivity contribution in [2.75, 3.05) is 14.1 Å². The number of primary amides is 1. The molecular weight excluding hydrogens is 454 g/mol. The number of phenols is 1. The number of aliphatic hydroxyl groups excluding tert-OH is 2. The third-order valence-electron chi connectivity index (χ3n) is 6.55. The molecule has 10 nitrogen and oxygen atoms in total. The van der Waals surface area contributed by atoms with Crippen molar-refractivity contribution >= 4 is 35.2 Å². The van der Waals surface area contributed by atoms with Gasteiger partial charge >= 0.3 is 0 Å². The summed E-state index contributed by atoms with van der Waals surface area (Å²) in [6.45, 7) is -0.116. The van der Waals surface area contributed by atoms with Gasteiger partial charge in [-0.2, -0.15) is 0 Å². The quantitative estimate of drug-likeness (QED) is 0.337. The van der Waals surface area contributed by atoms with E-state index in [1.54, 1.807) is 14.1 Å². The number of fused-ring (bicyclic) bond motifs is 3.